The summed E-state index contributed by atoms with van der Waals surface area (Å²) in [6.45, 7) is 0. The fourth-order valence-corrected chi connectivity index (χ4v) is 3.70. The number of non-ortho nitro benzene ring substituents is 1. The average molecular weight is 466 g/mol. The summed E-state index contributed by atoms with van der Waals surface area (Å²) in [4.78, 5) is 27.5. The highest BCUT2D eigenvalue weighted by atomic mass is 16.6. The number of nitrogens with one attached hydrogen (secondary N) is 1. The van der Waals surface area contributed by atoms with Gasteiger partial charge in [-0.3, -0.25) is 14.9 Å². The van der Waals surface area contributed by atoms with E-state index >= 15 is 0 Å². The molecule has 0 aliphatic carbocycles. The van der Waals surface area contributed by atoms with Gasteiger partial charge in [-0.1, -0.05) is 49.9 Å². The number of carbonyl (C=O) groups excluding carboxylic acids is 1. The van der Waals surface area contributed by atoms with Gasteiger partial charge in [0.1, 0.15) is 5.52 Å². The number of anilines is 1. The minimum Gasteiger partial charge on any atom is -0.426 e. The first-order valence-corrected chi connectivity index (χ1v) is 10.4. The predicted molar refractivity (Wildman–Crippen MR) is 136 cm³/mol. The van der Waals surface area contributed by atoms with Crippen LogP contribution < -0.4 is 5.32 Å². The van der Waals surface area contributed by atoms with Gasteiger partial charge in [0.2, 0.25) is 0 Å². The van der Waals surface area contributed by atoms with Crippen molar-refractivity contribution in [1.82, 2.24) is 9.71 Å². The number of fused-ring (bicyclic) bond motifs is 1. The molecule has 0 fully saturated rings. The second-order valence-electron chi connectivity index (χ2n) is 7.65. The van der Waals surface area contributed by atoms with Gasteiger partial charge >= 0.3 is 0 Å². The van der Waals surface area contributed by atoms with E-state index in [1.807, 2.05) is 42.5 Å². The molecule has 4 aromatic carbocycles. The molecular formula is C27H22N4O4. The molecule has 1 amide bonds. The van der Waals surface area contributed by atoms with E-state index in [1.165, 1.54) is 18.2 Å². The normalized spacial score (nSPS) is 10.5. The van der Waals surface area contributed by atoms with Crippen LogP contribution in [0.25, 0.3) is 33.5 Å². The molecule has 8 nitrogen and oxygen atoms in total. The van der Waals surface area contributed by atoms with Crippen LogP contribution in [-0.2, 0) is 0 Å². The van der Waals surface area contributed by atoms with Crippen LogP contribution in [0.1, 0.15) is 17.8 Å². The van der Waals surface area contributed by atoms with Crippen molar-refractivity contribution < 1.29 is 14.9 Å². The fourth-order valence-electron chi connectivity index (χ4n) is 3.70. The minimum atomic E-state index is -0.529. The van der Waals surface area contributed by atoms with E-state index in [0.717, 1.165) is 15.9 Å². The highest BCUT2D eigenvalue weighted by Gasteiger charge is 2.16. The molecule has 0 bridgehead atoms. The molecule has 5 rings (SSSR count). The van der Waals surface area contributed by atoms with Crippen molar-refractivity contribution in [2.75, 3.05) is 5.32 Å². The Morgan fingerprint density at radius 3 is 2.14 bits per heavy atom. The zero-order chi connectivity index (χ0) is 23.7. The molecule has 0 atom stereocenters. The molecule has 8 heteroatoms. The number of nitro benzene ring substituents is 1. The molecule has 0 spiro atoms. The van der Waals surface area contributed by atoms with Gasteiger partial charge in [0, 0.05) is 28.9 Å². The molecular weight excluding hydrogens is 444 g/mol. The number of hydrogen-bond acceptors (Lipinski definition) is 5. The number of imidazole rings is 1. The molecule has 35 heavy (non-hydrogen) atoms. The summed E-state index contributed by atoms with van der Waals surface area (Å²) in [6, 6.07) is 28.2. The molecule has 0 saturated heterocycles. The molecule has 0 saturated carbocycles. The molecule has 0 radical (unpaired) electrons. The third kappa shape index (κ3) is 4.58. The molecule has 0 aliphatic heterocycles. The van der Waals surface area contributed by atoms with E-state index < -0.39 is 4.92 Å². The Labute approximate surface area is 201 Å². The number of nitro groups is 1. The summed E-state index contributed by atoms with van der Waals surface area (Å²) in [5.74, 6) is -0.000978. The predicted octanol–water partition coefficient (Wildman–Crippen LogP) is 6.40. The third-order valence-electron chi connectivity index (χ3n) is 5.48. The van der Waals surface area contributed by atoms with Crippen molar-refractivity contribution in [3.05, 3.63) is 113 Å². The summed E-state index contributed by atoms with van der Waals surface area (Å²) in [5.41, 5.74) is 4.34. The molecule has 174 valence electrons. The van der Waals surface area contributed by atoms with E-state index in [2.05, 4.69) is 10.3 Å². The maximum Gasteiger partial charge on any atom is 0.271 e. The lowest BCUT2D eigenvalue weighted by Crippen LogP contribution is -2.11. The summed E-state index contributed by atoms with van der Waals surface area (Å²) < 4.78 is 0.824. The van der Waals surface area contributed by atoms with Gasteiger partial charge in [0.25, 0.3) is 11.6 Å². The molecule has 0 aliphatic rings. The van der Waals surface area contributed by atoms with Crippen molar-refractivity contribution in [3.63, 3.8) is 0 Å². The molecule has 5 aromatic rings. The number of amides is 1. The highest BCUT2D eigenvalue weighted by molar-refractivity contribution is 6.04. The van der Waals surface area contributed by atoms with Crippen LogP contribution in [-0.4, -0.2) is 25.8 Å². The van der Waals surface area contributed by atoms with E-state index in [9.17, 15) is 20.1 Å². The maximum atomic E-state index is 12.7. The van der Waals surface area contributed by atoms with Crippen molar-refractivity contribution in [2.45, 2.75) is 7.43 Å². The topological polar surface area (TPSA) is 110 Å². The van der Waals surface area contributed by atoms with Crippen molar-refractivity contribution in [1.29, 1.82) is 0 Å². The first kappa shape index (κ1) is 23.2. The molecule has 0 unspecified atom stereocenters. The minimum absolute atomic E-state index is 0. The Bertz CT molecular complexity index is 1510. The Hall–Kier alpha value is -4.98. The summed E-state index contributed by atoms with van der Waals surface area (Å²) in [7, 11) is 0. The maximum absolute atomic E-state index is 12.7. The number of aromatic nitrogens is 2. The number of benzene rings is 4. The van der Waals surface area contributed by atoms with Crippen LogP contribution in [0.3, 0.4) is 0 Å². The molecule has 2 N–H and O–H groups in total. The smallest absolute Gasteiger partial charge is 0.271 e. The van der Waals surface area contributed by atoms with E-state index in [1.54, 1.807) is 36.4 Å². The number of hydrogen-bond donors (Lipinski definition) is 2. The third-order valence-corrected chi connectivity index (χ3v) is 5.48. The van der Waals surface area contributed by atoms with Gasteiger partial charge < -0.3 is 10.5 Å². The van der Waals surface area contributed by atoms with Gasteiger partial charge in [0.05, 0.1) is 10.4 Å². The van der Waals surface area contributed by atoms with E-state index in [0.29, 0.717) is 22.3 Å². The average Bonchev–Trinajstić information content (AvgIpc) is 3.21. The van der Waals surface area contributed by atoms with Crippen molar-refractivity contribution in [3.8, 4) is 22.5 Å². The van der Waals surface area contributed by atoms with Crippen molar-refractivity contribution >= 4 is 28.3 Å². The Morgan fingerprint density at radius 2 is 1.49 bits per heavy atom. The van der Waals surface area contributed by atoms with Crippen LogP contribution in [0.15, 0.2) is 97.1 Å². The van der Waals surface area contributed by atoms with Gasteiger partial charge in [-0.05, 0) is 53.6 Å². The van der Waals surface area contributed by atoms with Gasteiger partial charge in [-0.25, -0.2) is 4.98 Å². The van der Waals surface area contributed by atoms with Crippen LogP contribution in [0.4, 0.5) is 11.4 Å². The molecule has 1 heterocycles. The summed E-state index contributed by atoms with van der Waals surface area (Å²) in [6.07, 6.45) is 0. The van der Waals surface area contributed by atoms with Crippen molar-refractivity contribution in [2.24, 2.45) is 0 Å². The second kappa shape index (κ2) is 9.48. The Balaban J connectivity index is 0.00000289. The van der Waals surface area contributed by atoms with Crippen LogP contribution in [0.5, 0.6) is 0 Å². The summed E-state index contributed by atoms with van der Waals surface area (Å²) in [5, 5.41) is 24.3. The standard InChI is InChI=1S/C26H18N4O4.CH4/c31-26(20-8-6-18(7-9-20)17-4-2-1-3-5-17)27-21-12-10-19(11-13-21)25-28-23-15-14-22(30(33)34)16-24(23)29(25)32;/h1-16,32H,(H,27,31);1H4. The lowest BCUT2D eigenvalue weighted by atomic mass is 10.0. The number of nitrogens with zero attached hydrogens (tertiary/aromatic N) is 3. The lowest BCUT2D eigenvalue weighted by molar-refractivity contribution is -0.384. The molecule has 1 aromatic heterocycles. The SMILES string of the molecule is C.O=C(Nc1ccc(-c2nc3ccc([N+](=O)[O-])cc3n2O)cc1)c1ccc(-c2ccccc2)cc1. The fraction of sp³-hybridized carbons (Fsp3) is 0.0370. The van der Waals surface area contributed by atoms with Gasteiger partial charge in [-0.2, -0.15) is 4.73 Å². The quantitative estimate of drug-likeness (QED) is 0.177. The zero-order valence-corrected chi connectivity index (χ0v) is 17.8. The highest BCUT2D eigenvalue weighted by Crippen LogP contribution is 2.27. The van der Waals surface area contributed by atoms with Crippen LogP contribution in [0, 0.1) is 10.1 Å². The number of carbonyl (C=O) groups is 1. The first-order chi connectivity index (χ1) is 16.5. The van der Waals surface area contributed by atoms with Crippen LogP contribution in [0.2, 0.25) is 0 Å². The number of rotatable bonds is 5. The first-order valence-electron chi connectivity index (χ1n) is 10.4. The van der Waals surface area contributed by atoms with Crippen LogP contribution >= 0.6 is 0 Å². The largest absolute Gasteiger partial charge is 0.426 e. The Morgan fingerprint density at radius 1 is 0.857 bits per heavy atom. The summed E-state index contributed by atoms with van der Waals surface area (Å²) >= 11 is 0. The van der Waals surface area contributed by atoms with E-state index in [-0.39, 0.29) is 30.4 Å². The monoisotopic (exact) mass is 466 g/mol. The van der Waals surface area contributed by atoms with E-state index in [4.69, 9.17) is 0 Å². The lowest BCUT2D eigenvalue weighted by Gasteiger charge is -2.08. The zero-order valence-electron chi connectivity index (χ0n) is 17.8. The Kier molecular flexibility index (Phi) is 6.28. The van der Waals surface area contributed by atoms with Gasteiger partial charge in [-0.15, -0.1) is 0 Å². The second-order valence-corrected chi connectivity index (χ2v) is 7.65. The van der Waals surface area contributed by atoms with Gasteiger partial charge in [0.15, 0.2) is 5.82 Å².